The van der Waals surface area contributed by atoms with Gasteiger partial charge in [0.05, 0.1) is 12.0 Å². The predicted molar refractivity (Wildman–Crippen MR) is 66.2 cm³/mol. The van der Waals surface area contributed by atoms with Crippen LogP contribution < -0.4 is 5.32 Å². The molecule has 2 N–H and O–H groups in total. The van der Waals surface area contributed by atoms with Crippen molar-refractivity contribution in [2.45, 2.75) is 24.8 Å². The lowest BCUT2D eigenvalue weighted by Crippen LogP contribution is -2.69. The minimum atomic E-state index is -0.695. The smallest absolute Gasteiger partial charge is 0.305 e. The SMILES string of the molecule is CN(CCN1CCCC1)C1(CC(=O)O)CNC1. The van der Waals surface area contributed by atoms with Crippen LogP contribution in [0, 0.1) is 0 Å². The van der Waals surface area contributed by atoms with Crippen molar-refractivity contribution in [1.82, 2.24) is 15.1 Å². The molecule has 0 aromatic heterocycles. The summed E-state index contributed by atoms with van der Waals surface area (Å²) in [7, 11) is 2.06. The van der Waals surface area contributed by atoms with Crippen LogP contribution in [0.1, 0.15) is 19.3 Å². The number of carboxylic acid groups (broad SMARTS) is 1. The first-order chi connectivity index (χ1) is 8.12. The van der Waals surface area contributed by atoms with Gasteiger partial charge in [0.25, 0.3) is 0 Å². The summed E-state index contributed by atoms with van der Waals surface area (Å²) in [6, 6.07) is 0. The molecule has 98 valence electrons. The molecule has 5 heteroatoms. The third kappa shape index (κ3) is 2.97. The number of hydrogen-bond donors (Lipinski definition) is 2. The van der Waals surface area contributed by atoms with E-state index in [0.717, 1.165) is 26.2 Å². The first kappa shape index (κ1) is 12.8. The van der Waals surface area contributed by atoms with Crippen LogP contribution in [-0.2, 0) is 4.79 Å². The summed E-state index contributed by atoms with van der Waals surface area (Å²) in [5, 5.41) is 12.2. The summed E-state index contributed by atoms with van der Waals surface area (Å²) in [6.45, 7) is 6.05. The van der Waals surface area contributed by atoms with E-state index in [4.69, 9.17) is 5.11 Å². The van der Waals surface area contributed by atoms with Crippen molar-refractivity contribution in [2.24, 2.45) is 0 Å². The highest BCUT2D eigenvalue weighted by molar-refractivity contribution is 5.68. The zero-order valence-corrected chi connectivity index (χ0v) is 10.6. The van der Waals surface area contributed by atoms with Gasteiger partial charge in [-0.3, -0.25) is 9.69 Å². The summed E-state index contributed by atoms with van der Waals surface area (Å²) >= 11 is 0. The van der Waals surface area contributed by atoms with Crippen LogP contribution in [0.25, 0.3) is 0 Å². The Morgan fingerprint density at radius 3 is 2.53 bits per heavy atom. The number of likely N-dealkylation sites (N-methyl/N-ethyl adjacent to an activating group) is 1. The fraction of sp³-hybridized carbons (Fsp3) is 0.917. The van der Waals surface area contributed by atoms with Crippen molar-refractivity contribution in [3.05, 3.63) is 0 Å². The molecule has 0 aromatic carbocycles. The highest BCUT2D eigenvalue weighted by Crippen LogP contribution is 2.23. The first-order valence-electron chi connectivity index (χ1n) is 6.48. The molecule has 0 unspecified atom stereocenters. The fourth-order valence-electron chi connectivity index (χ4n) is 2.76. The van der Waals surface area contributed by atoms with Crippen LogP contribution in [-0.4, -0.2) is 72.7 Å². The van der Waals surface area contributed by atoms with E-state index in [2.05, 4.69) is 22.2 Å². The quantitative estimate of drug-likeness (QED) is 0.676. The van der Waals surface area contributed by atoms with Gasteiger partial charge in [-0.05, 0) is 33.0 Å². The molecule has 0 atom stereocenters. The van der Waals surface area contributed by atoms with Crippen molar-refractivity contribution in [3.63, 3.8) is 0 Å². The summed E-state index contributed by atoms with van der Waals surface area (Å²) in [4.78, 5) is 15.6. The van der Waals surface area contributed by atoms with E-state index in [0.29, 0.717) is 0 Å². The molecule has 0 radical (unpaired) electrons. The topological polar surface area (TPSA) is 55.8 Å². The molecule has 2 fully saturated rings. The summed E-state index contributed by atoms with van der Waals surface area (Å²) in [5.74, 6) is -0.695. The Morgan fingerprint density at radius 1 is 1.41 bits per heavy atom. The molecule has 0 aliphatic carbocycles. The molecular formula is C12H23N3O2. The Balaban J connectivity index is 1.80. The van der Waals surface area contributed by atoms with Gasteiger partial charge in [-0.2, -0.15) is 0 Å². The Bertz CT molecular complexity index is 273. The molecular weight excluding hydrogens is 218 g/mol. The highest BCUT2D eigenvalue weighted by Gasteiger charge is 2.42. The van der Waals surface area contributed by atoms with Gasteiger partial charge in [0.15, 0.2) is 0 Å². The monoisotopic (exact) mass is 241 g/mol. The van der Waals surface area contributed by atoms with Gasteiger partial charge in [-0.1, -0.05) is 0 Å². The lowest BCUT2D eigenvalue weighted by Gasteiger charge is -2.48. The maximum atomic E-state index is 10.9. The number of likely N-dealkylation sites (tertiary alicyclic amines) is 1. The third-order valence-electron chi connectivity index (χ3n) is 4.15. The van der Waals surface area contributed by atoms with Crippen molar-refractivity contribution < 1.29 is 9.90 Å². The summed E-state index contributed by atoms with van der Waals surface area (Å²) < 4.78 is 0. The van der Waals surface area contributed by atoms with E-state index in [1.807, 2.05) is 0 Å². The molecule has 17 heavy (non-hydrogen) atoms. The number of hydrogen-bond acceptors (Lipinski definition) is 4. The number of carboxylic acids is 1. The van der Waals surface area contributed by atoms with E-state index in [1.165, 1.54) is 25.9 Å². The average molecular weight is 241 g/mol. The van der Waals surface area contributed by atoms with Gasteiger partial charge < -0.3 is 15.3 Å². The number of rotatable bonds is 6. The van der Waals surface area contributed by atoms with Gasteiger partial charge in [0, 0.05) is 26.2 Å². The van der Waals surface area contributed by atoms with Gasteiger partial charge in [0.2, 0.25) is 0 Å². The molecule has 0 spiro atoms. The maximum Gasteiger partial charge on any atom is 0.305 e. The Morgan fingerprint density at radius 2 is 2.06 bits per heavy atom. The van der Waals surface area contributed by atoms with Gasteiger partial charge in [-0.15, -0.1) is 0 Å². The van der Waals surface area contributed by atoms with Crippen LogP contribution in [0.2, 0.25) is 0 Å². The predicted octanol–water partition coefficient (Wildman–Crippen LogP) is -0.169. The maximum absolute atomic E-state index is 10.9. The second-order valence-electron chi connectivity index (χ2n) is 5.37. The lowest BCUT2D eigenvalue weighted by molar-refractivity contribution is -0.141. The Labute approximate surface area is 103 Å². The zero-order valence-electron chi connectivity index (χ0n) is 10.6. The molecule has 5 nitrogen and oxygen atoms in total. The zero-order chi connectivity index (χ0) is 12.3. The van der Waals surface area contributed by atoms with E-state index in [1.54, 1.807) is 0 Å². The van der Waals surface area contributed by atoms with Crippen LogP contribution in [0.5, 0.6) is 0 Å². The van der Waals surface area contributed by atoms with Crippen LogP contribution >= 0.6 is 0 Å². The van der Waals surface area contributed by atoms with Gasteiger partial charge in [-0.25, -0.2) is 0 Å². The number of nitrogens with one attached hydrogen (secondary N) is 1. The van der Waals surface area contributed by atoms with E-state index >= 15 is 0 Å². The first-order valence-corrected chi connectivity index (χ1v) is 6.48. The van der Waals surface area contributed by atoms with E-state index in [-0.39, 0.29) is 12.0 Å². The molecule has 0 saturated carbocycles. The van der Waals surface area contributed by atoms with Crippen molar-refractivity contribution in [2.75, 3.05) is 46.3 Å². The minimum Gasteiger partial charge on any atom is -0.481 e. The summed E-state index contributed by atoms with van der Waals surface area (Å²) in [5.41, 5.74) is -0.147. The largest absolute Gasteiger partial charge is 0.481 e. The van der Waals surface area contributed by atoms with E-state index < -0.39 is 5.97 Å². The Kier molecular flexibility index (Phi) is 4.01. The Hall–Kier alpha value is -0.650. The van der Waals surface area contributed by atoms with Crippen molar-refractivity contribution >= 4 is 5.97 Å². The summed E-state index contributed by atoms with van der Waals surface area (Å²) in [6.07, 6.45) is 2.87. The van der Waals surface area contributed by atoms with Crippen molar-refractivity contribution in [1.29, 1.82) is 0 Å². The number of aliphatic carboxylic acids is 1. The second kappa shape index (κ2) is 5.33. The lowest BCUT2D eigenvalue weighted by atomic mass is 9.87. The molecule has 2 aliphatic rings. The third-order valence-corrected chi connectivity index (χ3v) is 4.15. The molecule has 0 aromatic rings. The van der Waals surface area contributed by atoms with Crippen molar-refractivity contribution in [3.8, 4) is 0 Å². The van der Waals surface area contributed by atoms with Crippen LogP contribution in [0.15, 0.2) is 0 Å². The molecule has 2 heterocycles. The fourth-order valence-corrected chi connectivity index (χ4v) is 2.76. The number of nitrogens with zero attached hydrogens (tertiary/aromatic N) is 2. The second-order valence-corrected chi connectivity index (χ2v) is 5.37. The molecule has 2 aliphatic heterocycles. The highest BCUT2D eigenvalue weighted by atomic mass is 16.4. The molecule has 0 amide bonds. The average Bonchev–Trinajstić information content (AvgIpc) is 2.72. The van der Waals surface area contributed by atoms with Crippen LogP contribution in [0.3, 0.4) is 0 Å². The number of carbonyl (C=O) groups is 1. The van der Waals surface area contributed by atoms with Crippen LogP contribution in [0.4, 0.5) is 0 Å². The molecule has 2 rings (SSSR count). The molecule has 2 saturated heterocycles. The van der Waals surface area contributed by atoms with Gasteiger partial charge >= 0.3 is 5.97 Å². The van der Waals surface area contributed by atoms with Gasteiger partial charge in [0.1, 0.15) is 0 Å². The van der Waals surface area contributed by atoms with E-state index in [9.17, 15) is 4.79 Å². The standard InChI is InChI=1S/C12H23N3O2/c1-14(6-7-15-4-2-3-5-15)12(8-11(16)17)9-13-10-12/h13H,2-10H2,1H3,(H,16,17). The molecule has 0 bridgehead atoms. The normalized spacial score (nSPS) is 23.9. The minimum absolute atomic E-state index is 0.147.